The zero-order chi connectivity index (χ0) is 12.4. The molecule has 0 radical (unpaired) electrons. The highest BCUT2D eigenvalue weighted by molar-refractivity contribution is 9.10. The molecular weight excluding hydrogens is 278 g/mol. The van der Waals surface area contributed by atoms with Gasteiger partial charge in [0.05, 0.1) is 22.4 Å². The van der Waals surface area contributed by atoms with E-state index in [4.69, 9.17) is 5.73 Å². The summed E-state index contributed by atoms with van der Waals surface area (Å²) in [6.07, 6.45) is 2.82. The number of aryl methyl sites for hydroxylation is 2. The monoisotopic (exact) mass is 293 g/mol. The van der Waals surface area contributed by atoms with Crippen LogP contribution in [0, 0.1) is 0 Å². The molecule has 1 aromatic carbocycles. The summed E-state index contributed by atoms with van der Waals surface area (Å²) in [5.74, 6) is 0. The maximum absolute atomic E-state index is 6.26. The van der Waals surface area contributed by atoms with Gasteiger partial charge in [-0.1, -0.05) is 31.2 Å². The first-order valence-electron chi connectivity index (χ1n) is 5.65. The van der Waals surface area contributed by atoms with Gasteiger partial charge < -0.3 is 5.73 Å². The van der Waals surface area contributed by atoms with Crippen molar-refractivity contribution < 1.29 is 0 Å². The minimum Gasteiger partial charge on any atom is -0.319 e. The normalized spacial score (nSPS) is 12.7. The molecule has 0 saturated heterocycles. The average molecular weight is 294 g/mol. The first-order chi connectivity index (χ1) is 8.13. The Morgan fingerprint density at radius 1 is 1.35 bits per heavy atom. The Kier molecular flexibility index (Phi) is 3.64. The summed E-state index contributed by atoms with van der Waals surface area (Å²) in [6, 6.07) is 8.27. The lowest BCUT2D eigenvalue weighted by Crippen LogP contribution is -2.16. The highest BCUT2D eigenvalue weighted by Gasteiger charge is 2.16. The molecule has 90 valence electrons. The van der Waals surface area contributed by atoms with E-state index in [1.165, 1.54) is 5.56 Å². The fourth-order valence-corrected chi connectivity index (χ4v) is 2.48. The molecule has 1 heterocycles. The molecule has 0 amide bonds. The third kappa shape index (κ3) is 2.42. The van der Waals surface area contributed by atoms with E-state index in [1.54, 1.807) is 6.20 Å². The largest absolute Gasteiger partial charge is 0.319 e. The number of rotatable bonds is 3. The zero-order valence-corrected chi connectivity index (χ0v) is 11.6. The predicted molar refractivity (Wildman–Crippen MR) is 72.8 cm³/mol. The second kappa shape index (κ2) is 5.02. The van der Waals surface area contributed by atoms with Crippen LogP contribution >= 0.6 is 15.9 Å². The molecule has 1 aromatic heterocycles. The molecule has 4 heteroatoms. The molecule has 0 spiro atoms. The summed E-state index contributed by atoms with van der Waals surface area (Å²) >= 11 is 3.48. The summed E-state index contributed by atoms with van der Waals surface area (Å²) in [4.78, 5) is 0. The summed E-state index contributed by atoms with van der Waals surface area (Å²) in [6.45, 7) is 2.15. The Balaban J connectivity index is 2.33. The molecule has 2 N–H and O–H groups in total. The molecule has 0 aliphatic carbocycles. The number of halogens is 1. The average Bonchev–Trinajstić information content (AvgIpc) is 2.68. The molecule has 3 nitrogen and oxygen atoms in total. The molecule has 2 aromatic rings. The lowest BCUT2D eigenvalue weighted by atomic mass is 10.0. The summed E-state index contributed by atoms with van der Waals surface area (Å²) < 4.78 is 2.76. The molecule has 0 aliphatic heterocycles. The van der Waals surface area contributed by atoms with Crippen molar-refractivity contribution in [2.75, 3.05) is 0 Å². The van der Waals surface area contributed by atoms with Crippen LogP contribution in [0.1, 0.15) is 29.8 Å². The number of benzene rings is 1. The molecule has 0 fully saturated rings. The van der Waals surface area contributed by atoms with Crippen molar-refractivity contribution in [3.63, 3.8) is 0 Å². The fourth-order valence-electron chi connectivity index (χ4n) is 1.89. The SMILES string of the molecule is CCc1ccc(C(N)c2c(Br)cnn2C)cc1. The highest BCUT2D eigenvalue weighted by atomic mass is 79.9. The van der Waals surface area contributed by atoms with Crippen molar-refractivity contribution in [3.8, 4) is 0 Å². The number of hydrogen-bond donors (Lipinski definition) is 1. The van der Waals surface area contributed by atoms with E-state index < -0.39 is 0 Å². The Hall–Kier alpha value is -1.13. The van der Waals surface area contributed by atoms with Crippen LogP contribution in [0.3, 0.4) is 0 Å². The molecule has 2 rings (SSSR count). The van der Waals surface area contributed by atoms with Crippen LogP contribution in [0.2, 0.25) is 0 Å². The molecule has 1 atom stereocenters. The van der Waals surface area contributed by atoms with Gasteiger partial charge in [0.1, 0.15) is 0 Å². The highest BCUT2D eigenvalue weighted by Crippen LogP contribution is 2.26. The fraction of sp³-hybridized carbons (Fsp3) is 0.308. The van der Waals surface area contributed by atoms with Crippen molar-refractivity contribution >= 4 is 15.9 Å². The summed E-state index contributed by atoms with van der Waals surface area (Å²) in [7, 11) is 1.90. The molecular formula is C13H16BrN3. The van der Waals surface area contributed by atoms with Crippen LogP contribution in [0.25, 0.3) is 0 Å². The summed E-state index contributed by atoms with van der Waals surface area (Å²) in [5, 5.41) is 4.19. The minimum absolute atomic E-state index is 0.150. The van der Waals surface area contributed by atoms with Crippen LogP contribution in [0.15, 0.2) is 34.9 Å². The van der Waals surface area contributed by atoms with E-state index in [2.05, 4.69) is 52.2 Å². The smallest absolute Gasteiger partial charge is 0.0735 e. The van der Waals surface area contributed by atoms with Crippen molar-refractivity contribution in [1.29, 1.82) is 0 Å². The van der Waals surface area contributed by atoms with Gasteiger partial charge in [-0.2, -0.15) is 5.10 Å². The second-order valence-electron chi connectivity index (χ2n) is 4.07. The Labute approximate surface area is 110 Å². The van der Waals surface area contributed by atoms with Gasteiger partial charge in [-0.15, -0.1) is 0 Å². The van der Waals surface area contributed by atoms with Gasteiger partial charge >= 0.3 is 0 Å². The Morgan fingerprint density at radius 2 is 2.00 bits per heavy atom. The molecule has 0 saturated carbocycles. The predicted octanol–water partition coefficient (Wildman–Crippen LogP) is 2.79. The Bertz CT molecular complexity index is 482. The van der Waals surface area contributed by atoms with Gasteiger partial charge in [0.25, 0.3) is 0 Å². The maximum Gasteiger partial charge on any atom is 0.0735 e. The lowest BCUT2D eigenvalue weighted by Gasteiger charge is -2.13. The van der Waals surface area contributed by atoms with E-state index in [9.17, 15) is 0 Å². The zero-order valence-electron chi connectivity index (χ0n) is 10.0. The third-order valence-corrected chi connectivity index (χ3v) is 3.59. The van der Waals surface area contributed by atoms with Crippen LogP contribution in [0.4, 0.5) is 0 Å². The Morgan fingerprint density at radius 3 is 2.47 bits per heavy atom. The quantitative estimate of drug-likeness (QED) is 0.946. The van der Waals surface area contributed by atoms with Gasteiger partial charge in [-0.3, -0.25) is 4.68 Å². The van der Waals surface area contributed by atoms with Crippen LogP contribution in [-0.2, 0) is 13.5 Å². The van der Waals surface area contributed by atoms with E-state index in [0.29, 0.717) is 0 Å². The van der Waals surface area contributed by atoms with Gasteiger partial charge in [-0.05, 0) is 33.5 Å². The third-order valence-electron chi connectivity index (χ3n) is 2.98. The lowest BCUT2D eigenvalue weighted by molar-refractivity contribution is 0.671. The van der Waals surface area contributed by atoms with Crippen molar-refractivity contribution in [3.05, 3.63) is 51.8 Å². The van der Waals surface area contributed by atoms with E-state index >= 15 is 0 Å². The first-order valence-corrected chi connectivity index (χ1v) is 6.44. The van der Waals surface area contributed by atoms with E-state index in [1.807, 2.05) is 11.7 Å². The number of aromatic nitrogens is 2. The number of nitrogens with zero attached hydrogens (tertiary/aromatic N) is 2. The van der Waals surface area contributed by atoms with Crippen LogP contribution in [-0.4, -0.2) is 9.78 Å². The van der Waals surface area contributed by atoms with Crippen molar-refractivity contribution in [2.24, 2.45) is 12.8 Å². The first kappa shape index (κ1) is 12.3. The number of hydrogen-bond acceptors (Lipinski definition) is 2. The van der Waals surface area contributed by atoms with E-state index in [0.717, 1.165) is 22.2 Å². The van der Waals surface area contributed by atoms with E-state index in [-0.39, 0.29) is 6.04 Å². The molecule has 0 aliphatic rings. The van der Waals surface area contributed by atoms with Gasteiger partial charge in [0.15, 0.2) is 0 Å². The maximum atomic E-state index is 6.26. The van der Waals surface area contributed by atoms with Crippen LogP contribution < -0.4 is 5.73 Å². The molecule has 0 bridgehead atoms. The van der Waals surface area contributed by atoms with Gasteiger partial charge in [-0.25, -0.2) is 0 Å². The van der Waals surface area contributed by atoms with Gasteiger partial charge in [0, 0.05) is 7.05 Å². The van der Waals surface area contributed by atoms with Crippen molar-refractivity contribution in [2.45, 2.75) is 19.4 Å². The standard InChI is InChI=1S/C13H16BrN3/c1-3-9-4-6-10(7-5-9)12(15)13-11(14)8-16-17(13)2/h4-8,12H,3,15H2,1-2H3. The number of nitrogens with two attached hydrogens (primary N) is 1. The van der Waals surface area contributed by atoms with Gasteiger partial charge in [0.2, 0.25) is 0 Å². The van der Waals surface area contributed by atoms with Crippen LogP contribution in [0.5, 0.6) is 0 Å². The molecule has 17 heavy (non-hydrogen) atoms. The molecule has 1 unspecified atom stereocenters. The topological polar surface area (TPSA) is 43.8 Å². The van der Waals surface area contributed by atoms with Crippen molar-refractivity contribution in [1.82, 2.24) is 9.78 Å². The second-order valence-corrected chi connectivity index (χ2v) is 4.93. The minimum atomic E-state index is -0.150. The summed E-state index contributed by atoms with van der Waals surface area (Å²) in [5.41, 5.74) is 9.69.